The van der Waals surface area contributed by atoms with Crippen LogP contribution >= 0.6 is 11.6 Å². The lowest BCUT2D eigenvalue weighted by molar-refractivity contribution is 0.0579. The van der Waals surface area contributed by atoms with Gasteiger partial charge in [-0.05, 0) is 6.42 Å². The summed E-state index contributed by atoms with van der Waals surface area (Å²) >= 11 is 5.42. The van der Waals surface area contributed by atoms with Crippen LogP contribution in [0.3, 0.4) is 0 Å². The molecule has 1 aliphatic heterocycles. The van der Waals surface area contributed by atoms with Crippen molar-refractivity contribution < 1.29 is 9.84 Å². The van der Waals surface area contributed by atoms with Crippen LogP contribution in [0.1, 0.15) is 6.42 Å². The van der Waals surface area contributed by atoms with Crippen molar-refractivity contribution in [2.24, 2.45) is 0 Å². The fourth-order valence-electron chi connectivity index (χ4n) is 0.785. The second-order valence-electron chi connectivity index (χ2n) is 1.92. The van der Waals surface area contributed by atoms with E-state index in [1.165, 1.54) is 0 Å². The Kier molecular flexibility index (Phi) is 2.11. The Labute approximate surface area is 53.4 Å². The average Bonchev–Trinajstić information content (AvgIpc) is 2.14. The van der Waals surface area contributed by atoms with Crippen molar-refractivity contribution in [1.29, 1.82) is 0 Å². The zero-order valence-corrected chi connectivity index (χ0v) is 5.27. The molecule has 0 aliphatic carbocycles. The Hall–Kier alpha value is 0.210. The Balaban J connectivity index is 2.30. The van der Waals surface area contributed by atoms with Crippen molar-refractivity contribution >= 4 is 11.6 Å². The van der Waals surface area contributed by atoms with E-state index in [-0.39, 0.29) is 12.2 Å². The number of aliphatic hydroxyl groups is 1. The molecule has 0 bridgehead atoms. The second kappa shape index (κ2) is 2.67. The molecule has 0 aromatic carbocycles. The van der Waals surface area contributed by atoms with Crippen LogP contribution < -0.4 is 0 Å². The molecule has 2 nitrogen and oxygen atoms in total. The average molecular weight is 137 g/mol. The number of hydrogen-bond donors (Lipinski definition) is 1. The lowest BCUT2D eigenvalue weighted by Crippen LogP contribution is -2.21. The standard InChI is InChI=1S/C5H9ClO2/c6-3-5-4(7)1-2-8-5/h4-5,7H,1-3H2/t4-,5+/m1/s1. The number of ether oxygens (including phenoxy) is 1. The fourth-order valence-corrected chi connectivity index (χ4v) is 1.08. The summed E-state index contributed by atoms with van der Waals surface area (Å²) in [6.45, 7) is 0.651. The monoisotopic (exact) mass is 136 g/mol. The first kappa shape index (κ1) is 6.33. The third-order valence-electron chi connectivity index (χ3n) is 1.33. The molecule has 0 unspecified atom stereocenters. The predicted molar refractivity (Wildman–Crippen MR) is 31.1 cm³/mol. The van der Waals surface area contributed by atoms with E-state index in [0.29, 0.717) is 12.5 Å². The molecule has 1 rings (SSSR count). The Bertz CT molecular complexity index is 76.8. The Morgan fingerprint density at radius 2 is 2.50 bits per heavy atom. The molecule has 3 heteroatoms. The van der Waals surface area contributed by atoms with Gasteiger partial charge in [-0.3, -0.25) is 0 Å². The first-order valence-electron chi connectivity index (χ1n) is 2.70. The van der Waals surface area contributed by atoms with Gasteiger partial charge in [-0.1, -0.05) is 0 Å². The van der Waals surface area contributed by atoms with E-state index in [0.717, 1.165) is 6.42 Å². The lowest BCUT2D eigenvalue weighted by Gasteiger charge is -2.07. The molecule has 1 heterocycles. The fraction of sp³-hybridized carbons (Fsp3) is 1.00. The summed E-state index contributed by atoms with van der Waals surface area (Å²) in [4.78, 5) is 0. The SMILES string of the molecule is O[C@@H]1CCO[C@H]1CCl. The minimum absolute atomic E-state index is 0.114. The van der Waals surface area contributed by atoms with Crippen LogP contribution in [-0.2, 0) is 4.74 Å². The number of halogens is 1. The van der Waals surface area contributed by atoms with Gasteiger partial charge >= 0.3 is 0 Å². The van der Waals surface area contributed by atoms with Gasteiger partial charge in [-0.25, -0.2) is 0 Å². The molecule has 2 atom stereocenters. The summed E-state index contributed by atoms with van der Waals surface area (Å²) in [7, 11) is 0. The van der Waals surface area contributed by atoms with E-state index in [9.17, 15) is 0 Å². The molecule has 1 fully saturated rings. The maximum absolute atomic E-state index is 8.98. The topological polar surface area (TPSA) is 29.5 Å². The van der Waals surface area contributed by atoms with Gasteiger partial charge in [0.05, 0.1) is 18.1 Å². The largest absolute Gasteiger partial charge is 0.390 e. The van der Waals surface area contributed by atoms with E-state index in [2.05, 4.69) is 0 Å². The first-order chi connectivity index (χ1) is 3.84. The minimum Gasteiger partial charge on any atom is -0.390 e. The maximum Gasteiger partial charge on any atom is 0.0969 e. The molecule has 0 aromatic rings. The number of alkyl halides is 1. The van der Waals surface area contributed by atoms with E-state index >= 15 is 0 Å². The summed E-state index contributed by atoms with van der Waals surface area (Å²) in [5.74, 6) is 0.404. The summed E-state index contributed by atoms with van der Waals surface area (Å²) in [6, 6.07) is 0. The molecule has 1 N–H and O–H groups in total. The molecule has 1 aliphatic rings. The van der Waals surface area contributed by atoms with Gasteiger partial charge in [0.1, 0.15) is 0 Å². The van der Waals surface area contributed by atoms with E-state index in [1.807, 2.05) is 0 Å². The lowest BCUT2D eigenvalue weighted by atomic mass is 10.2. The van der Waals surface area contributed by atoms with Gasteiger partial charge in [-0.2, -0.15) is 0 Å². The van der Waals surface area contributed by atoms with E-state index < -0.39 is 0 Å². The van der Waals surface area contributed by atoms with Crippen molar-refractivity contribution in [2.45, 2.75) is 18.6 Å². The van der Waals surface area contributed by atoms with Gasteiger partial charge < -0.3 is 9.84 Å². The zero-order valence-electron chi connectivity index (χ0n) is 4.51. The third kappa shape index (κ3) is 1.13. The smallest absolute Gasteiger partial charge is 0.0969 e. The zero-order chi connectivity index (χ0) is 5.98. The van der Waals surface area contributed by atoms with E-state index in [1.54, 1.807) is 0 Å². The maximum atomic E-state index is 8.98. The van der Waals surface area contributed by atoms with Crippen LogP contribution in [0.15, 0.2) is 0 Å². The summed E-state index contributed by atoms with van der Waals surface area (Å²) in [6.07, 6.45) is 0.293. The number of rotatable bonds is 1. The van der Waals surface area contributed by atoms with Crippen LogP contribution in [0.2, 0.25) is 0 Å². The van der Waals surface area contributed by atoms with Crippen molar-refractivity contribution in [2.75, 3.05) is 12.5 Å². The normalized spacial score (nSPS) is 38.2. The summed E-state index contributed by atoms with van der Waals surface area (Å²) < 4.78 is 5.03. The highest BCUT2D eigenvalue weighted by molar-refractivity contribution is 6.18. The third-order valence-corrected chi connectivity index (χ3v) is 1.63. The molecular weight excluding hydrogens is 128 g/mol. The summed E-state index contributed by atoms with van der Waals surface area (Å²) in [5.41, 5.74) is 0. The molecular formula is C5H9ClO2. The molecule has 0 spiro atoms. The highest BCUT2D eigenvalue weighted by Crippen LogP contribution is 2.13. The highest BCUT2D eigenvalue weighted by atomic mass is 35.5. The van der Waals surface area contributed by atoms with Crippen molar-refractivity contribution in [3.05, 3.63) is 0 Å². The Morgan fingerprint density at radius 3 is 2.75 bits per heavy atom. The van der Waals surface area contributed by atoms with Crippen LogP contribution in [0, 0.1) is 0 Å². The van der Waals surface area contributed by atoms with Crippen molar-refractivity contribution in [3.63, 3.8) is 0 Å². The molecule has 48 valence electrons. The molecule has 1 saturated heterocycles. The van der Waals surface area contributed by atoms with Crippen LogP contribution in [0.4, 0.5) is 0 Å². The van der Waals surface area contributed by atoms with Gasteiger partial charge in [0, 0.05) is 6.61 Å². The van der Waals surface area contributed by atoms with Gasteiger partial charge in [0.25, 0.3) is 0 Å². The number of hydrogen-bond acceptors (Lipinski definition) is 2. The van der Waals surface area contributed by atoms with Gasteiger partial charge in [0.15, 0.2) is 0 Å². The van der Waals surface area contributed by atoms with Gasteiger partial charge in [0.2, 0.25) is 0 Å². The summed E-state index contributed by atoms with van der Waals surface area (Å²) in [5, 5.41) is 8.98. The van der Waals surface area contributed by atoms with Crippen LogP contribution in [-0.4, -0.2) is 29.8 Å². The molecule has 0 aromatic heterocycles. The highest BCUT2D eigenvalue weighted by Gasteiger charge is 2.24. The minimum atomic E-state index is -0.326. The first-order valence-corrected chi connectivity index (χ1v) is 3.23. The van der Waals surface area contributed by atoms with Gasteiger partial charge in [-0.15, -0.1) is 11.6 Å². The van der Waals surface area contributed by atoms with E-state index in [4.69, 9.17) is 21.4 Å². The quantitative estimate of drug-likeness (QED) is 0.528. The Morgan fingerprint density at radius 1 is 1.75 bits per heavy atom. The molecule has 0 amide bonds. The molecule has 0 saturated carbocycles. The second-order valence-corrected chi connectivity index (χ2v) is 2.23. The number of aliphatic hydroxyl groups excluding tert-OH is 1. The van der Waals surface area contributed by atoms with Crippen LogP contribution in [0.25, 0.3) is 0 Å². The van der Waals surface area contributed by atoms with Crippen LogP contribution in [0.5, 0.6) is 0 Å². The molecule has 0 radical (unpaired) electrons. The molecule has 8 heavy (non-hydrogen) atoms. The predicted octanol–water partition coefficient (Wildman–Crippen LogP) is 0.375. The van der Waals surface area contributed by atoms with Crippen molar-refractivity contribution in [3.8, 4) is 0 Å². The van der Waals surface area contributed by atoms with Crippen molar-refractivity contribution in [1.82, 2.24) is 0 Å².